The van der Waals surface area contributed by atoms with Gasteiger partial charge in [-0.1, -0.05) is 45.4 Å². The van der Waals surface area contributed by atoms with Gasteiger partial charge in [0.15, 0.2) is 7.28 Å². The zero-order valence-corrected chi connectivity index (χ0v) is 35.5. The zero-order chi connectivity index (χ0) is 41.5. The fraction of sp³-hybridized carbons (Fsp3) is 0.814. The van der Waals surface area contributed by atoms with Gasteiger partial charge in [-0.25, -0.2) is 4.79 Å². The quantitative estimate of drug-likeness (QED) is 0.127. The molecule has 4 N–H and O–H groups in total. The molecule has 56 heavy (non-hydrogen) atoms. The van der Waals surface area contributed by atoms with Crippen LogP contribution >= 0.6 is 0 Å². The Bertz CT molecular complexity index is 1440. The number of hydrogen-bond acceptors (Lipinski definition) is 11. The summed E-state index contributed by atoms with van der Waals surface area (Å²) in [5.74, 6) is -4.05. The molecule has 0 aromatic heterocycles. The molecule has 0 radical (unpaired) electrons. The smallest absolute Gasteiger partial charge is 0.329 e. The zero-order valence-electron chi connectivity index (χ0n) is 35.5. The summed E-state index contributed by atoms with van der Waals surface area (Å²) in [7, 11) is 4.82. The van der Waals surface area contributed by atoms with E-state index in [-0.39, 0.29) is 62.1 Å². The van der Waals surface area contributed by atoms with Crippen molar-refractivity contribution in [2.75, 3.05) is 27.9 Å². The predicted octanol–water partition coefficient (Wildman–Crippen LogP) is 4.76. The van der Waals surface area contributed by atoms with Gasteiger partial charge in [-0.2, -0.15) is 0 Å². The van der Waals surface area contributed by atoms with Gasteiger partial charge in [0.2, 0.25) is 5.78 Å². The Morgan fingerprint density at radius 2 is 1.62 bits per heavy atom. The predicted molar refractivity (Wildman–Crippen MR) is 217 cm³/mol. The highest BCUT2D eigenvalue weighted by Crippen LogP contribution is 2.42. The van der Waals surface area contributed by atoms with Crippen molar-refractivity contribution in [2.24, 2.45) is 29.6 Å². The molecule has 4 rings (SSSR count). The third-order valence-electron chi connectivity index (χ3n) is 13.6. The molecule has 316 valence electrons. The number of cyclic esters (lactones) is 1. The van der Waals surface area contributed by atoms with Crippen molar-refractivity contribution in [3.63, 3.8) is 0 Å². The summed E-state index contributed by atoms with van der Waals surface area (Å²) < 4.78 is 23.9. The highest BCUT2D eigenvalue weighted by molar-refractivity contribution is 6.58. The second kappa shape index (κ2) is 20.5. The molecule has 3 aliphatic heterocycles. The lowest BCUT2D eigenvalue weighted by molar-refractivity contribution is -0.167. The maximum atomic E-state index is 14.3. The van der Waals surface area contributed by atoms with Crippen LogP contribution in [0.2, 0.25) is 5.82 Å². The summed E-state index contributed by atoms with van der Waals surface area (Å²) in [6.07, 6.45) is 6.61. The third kappa shape index (κ3) is 10.8. The summed E-state index contributed by atoms with van der Waals surface area (Å²) >= 11 is 0. The van der Waals surface area contributed by atoms with E-state index in [0.29, 0.717) is 63.5 Å². The number of nitrogens with one attached hydrogen (secondary N) is 1. The van der Waals surface area contributed by atoms with Gasteiger partial charge < -0.3 is 44.6 Å². The summed E-state index contributed by atoms with van der Waals surface area (Å²) in [6, 6.07) is -1.05. The average Bonchev–Trinajstić information content (AvgIpc) is 3.18. The number of fused-ring (bicyclic) bond motifs is 3. The molecule has 3 heterocycles. The van der Waals surface area contributed by atoms with Crippen molar-refractivity contribution in [1.82, 2.24) is 4.90 Å². The molecule has 0 unspecified atom stereocenters. The van der Waals surface area contributed by atoms with Crippen LogP contribution in [-0.4, -0.2) is 127 Å². The normalized spacial score (nSPS) is 41.4. The van der Waals surface area contributed by atoms with Crippen LogP contribution in [0.15, 0.2) is 23.3 Å². The SMILES string of the molecule is CC[C@@H]1/C=C(\C)C[C@H](C)C[C@H](OC)[C@H]2B[C@@](O)(C(=O)C(=O)N3CCCC[C@H]3C(=O)O[C@H](/C(C)=C/[C@@H]3CC[C@@H](O)[C@H](OC)C3)[C@H](C)[C@@H](O)CC1=N)[C@H](C)C[C@@H]2OC. The molecular weight excluding hydrogens is 715 g/mol. The fourth-order valence-electron chi connectivity index (χ4n) is 10.1. The molecule has 0 aromatic rings. The molecule has 2 saturated heterocycles. The number of esters is 1. The number of carbonyl (C=O) groups excluding carboxylic acids is 3. The Morgan fingerprint density at radius 3 is 2.27 bits per heavy atom. The van der Waals surface area contributed by atoms with E-state index < -0.39 is 59.3 Å². The molecular formula is C43H71BN2O10. The van der Waals surface area contributed by atoms with Crippen LogP contribution in [0.3, 0.4) is 0 Å². The number of ether oxygens (including phenoxy) is 4. The first-order valence-electron chi connectivity index (χ1n) is 21.1. The summed E-state index contributed by atoms with van der Waals surface area (Å²) in [6.45, 7) is 11.9. The van der Waals surface area contributed by atoms with E-state index in [0.717, 1.165) is 17.6 Å². The summed E-state index contributed by atoms with van der Waals surface area (Å²) in [5, 5.41) is 43.5. The van der Waals surface area contributed by atoms with E-state index in [1.165, 1.54) is 4.90 Å². The Hall–Kier alpha value is -2.42. The number of amides is 1. The summed E-state index contributed by atoms with van der Waals surface area (Å²) in [4.78, 5) is 44.3. The Morgan fingerprint density at radius 1 is 0.964 bits per heavy atom. The van der Waals surface area contributed by atoms with Gasteiger partial charge in [0.25, 0.3) is 5.91 Å². The molecule has 0 spiro atoms. The van der Waals surface area contributed by atoms with Gasteiger partial charge in [0.1, 0.15) is 17.6 Å². The molecule has 3 fully saturated rings. The number of ketones is 1. The van der Waals surface area contributed by atoms with E-state index in [1.807, 2.05) is 26.8 Å². The minimum Gasteiger partial charge on any atom is -0.456 e. The molecule has 2 bridgehead atoms. The largest absolute Gasteiger partial charge is 0.456 e. The number of carbonyl (C=O) groups is 3. The van der Waals surface area contributed by atoms with Crippen LogP contribution < -0.4 is 0 Å². The number of aliphatic hydroxyl groups excluding tert-OH is 2. The van der Waals surface area contributed by atoms with Crippen molar-refractivity contribution in [1.29, 1.82) is 5.41 Å². The standard InChI is InChI=1S/C43H71BN2O10/c1-10-30-18-24(2)17-25(3)19-36(54-8)38-37(55-9)21-27(5)43(52,44-38)40(49)41(50)46-16-12-11-13-32(46)42(51)56-39(28(6)34(48)23-31(30)45)26(4)20-29-14-15-33(47)35(22-29)53-7/h18,20,25,27-30,32-39,44-45,47-48,52H,10-17,19,21-23H2,1-9H3/b24-18+,26-20+,45-31?/t25-,27+,28+,29-,30+,32-,33+,34-,35+,36-,37-,38+,39+,43-/m0/s1. The first kappa shape index (κ1) is 46.3. The van der Waals surface area contributed by atoms with Gasteiger partial charge in [0.05, 0.1) is 30.5 Å². The van der Waals surface area contributed by atoms with Crippen LogP contribution in [-0.2, 0) is 33.3 Å². The van der Waals surface area contributed by atoms with E-state index in [4.69, 9.17) is 24.4 Å². The Balaban J connectivity index is 1.76. The van der Waals surface area contributed by atoms with E-state index in [9.17, 15) is 29.7 Å². The van der Waals surface area contributed by atoms with Crippen LogP contribution in [0.25, 0.3) is 0 Å². The lowest BCUT2D eigenvalue weighted by Crippen LogP contribution is -2.64. The van der Waals surface area contributed by atoms with Crippen LogP contribution in [0.1, 0.15) is 112 Å². The maximum Gasteiger partial charge on any atom is 0.329 e. The first-order valence-corrected chi connectivity index (χ1v) is 21.1. The molecule has 4 aliphatic rings. The monoisotopic (exact) mass is 787 g/mol. The number of rotatable bonds is 6. The van der Waals surface area contributed by atoms with Gasteiger partial charge in [-0.15, -0.1) is 0 Å². The van der Waals surface area contributed by atoms with Gasteiger partial charge in [0, 0.05) is 51.8 Å². The third-order valence-corrected chi connectivity index (χ3v) is 13.6. The van der Waals surface area contributed by atoms with Gasteiger partial charge in [-0.05, 0) is 107 Å². The minimum absolute atomic E-state index is 0.0150. The summed E-state index contributed by atoms with van der Waals surface area (Å²) in [5.41, 5.74) is 0.255. The lowest BCUT2D eigenvalue weighted by atomic mass is 9.39. The molecule has 13 heteroatoms. The number of methoxy groups -OCH3 is 3. The van der Waals surface area contributed by atoms with Crippen molar-refractivity contribution >= 4 is 30.7 Å². The highest BCUT2D eigenvalue weighted by Gasteiger charge is 2.56. The second-order valence-electron chi connectivity index (χ2n) is 17.7. The molecule has 0 aromatic carbocycles. The van der Waals surface area contributed by atoms with Crippen molar-refractivity contribution in [3.05, 3.63) is 23.3 Å². The number of aliphatic hydroxyl groups is 3. The van der Waals surface area contributed by atoms with Crippen molar-refractivity contribution < 1.29 is 48.7 Å². The van der Waals surface area contributed by atoms with E-state index >= 15 is 0 Å². The Labute approximate surface area is 335 Å². The van der Waals surface area contributed by atoms with Gasteiger partial charge >= 0.3 is 5.97 Å². The van der Waals surface area contributed by atoms with E-state index in [2.05, 4.69) is 19.9 Å². The number of allylic oxidation sites excluding steroid dienone is 3. The maximum absolute atomic E-state index is 14.3. The first-order chi connectivity index (χ1) is 26.5. The van der Waals surface area contributed by atoms with E-state index in [1.54, 1.807) is 28.3 Å². The highest BCUT2D eigenvalue weighted by atomic mass is 16.5. The number of hydrogen-bond donors (Lipinski definition) is 4. The van der Waals surface area contributed by atoms with Crippen LogP contribution in [0.5, 0.6) is 0 Å². The van der Waals surface area contributed by atoms with Crippen molar-refractivity contribution in [3.8, 4) is 0 Å². The second-order valence-corrected chi connectivity index (χ2v) is 17.7. The molecule has 12 nitrogen and oxygen atoms in total. The van der Waals surface area contributed by atoms with Crippen LogP contribution in [0.4, 0.5) is 0 Å². The molecule has 1 amide bonds. The number of nitrogens with zero attached hydrogens (tertiary/aromatic N) is 1. The molecule has 1 aliphatic carbocycles. The minimum atomic E-state index is -1.99. The van der Waals surface area contributed by atoms with Crippen LogP contribution in [0, 0.1) is 35.0 Å². The average molecular weight is 787 g/mol. The number of piperidine rings is 1. The Kier molecular flexibility index (Phi) is 17.0. The van der Waals surface area contributed by atoms with Gasteiger partial charge in [-0.3, -0.25) is 9.59 Å². The van der Waals surface area contributed by atoms with Crippen molar-refractivity contribution in [2.45, 2.75) is 166 Å². The molecule has 14 atom stereocenters. The fourth-order valence-corrected chi connectivity index (χ4v) is 10.1. The number of Topliss-reactive ketones (excluding diaryl/α,β-unsaturated/α-hetero) is 1. The molecule has 1 saturated carbocycles. The topological polar surface area (TPSA) is 176 Å². The lowest BCUT2D eigenvalue weighted by Gasteiger charge is -2.46.